The number of carbonyl (C=O) groups is 2. The van der Waals surface area contributed by atoms with Gasteiger partial charge in [-0.25, -0.2) is 0 Å². The predicted molar refractivity (Wildman–Crippen MR) is 94.8 cm³/mol. The zero-order valence-corrected chi connectivity index (χ0v) is 14.6. The van der Waals surface area contributed by atoms with Crippen LogP contribution in [0, 0.1) is 11.8 Å². The number of benzene rings is 1. The van der Waals surface area contributed by atoms with Gasteiger partial charge < -0.3 is 10.5 Å². The average Bonchev–Trinajstić information content (AvgIpc) is 2.65. The van der Waals surface area contributed by atoms with Crippen LogP contribution in [0.4, 0.5) is 0 Å². The number of rotatable bonds is 8. The summed E-state index contributed by atoms with van der Waals surface area (Å²) in [6.07, 6.45) is 6.15. The lowest BCUT2D eigenvalue weighted by Crippen LogP contribution is -2.25. The van der Waals surface area contributed by atoms with E-state index in [4.69, 9.17) is 10.5 Å². The molecule has 0 saturated heterocycles. The first kappa shape index (κ1) is 18.7. The van der Waals surface area contributed by atoms with Crippen LogP contribution < -0.4 is 5.73 Å². The van der Waals surface area contributed by atoms with E-state index in [1.165, 1.54) is 5.56 Å². The fourth-order valence-corrected chi connectivity index (χ4v) is 3.30. The van der Waals surface area contributed by atoms with Crippen LogP contribution in [-0.2, 0) is 16.0 Å². The molecule has 4 nitrogen and oxygen atoms in total. The molecule has 1 saturated carbocycles. The lowest BCUT2D eigenvalue weighted by Gasteiger charge is -2.26. The van der Waals surface area contributed by atoms with Gasteiger partial charge in [0.05, 0.1) is 6.61 Å². The van der Waals surface area contributed by atoms with Crippen LogP contribution in [0.25, 0.3) is 0 Å². The van der Waals surface area contributed by atoms with Gasteiger partial charge in [-0.1, -0.05) is 31.2 Å². The molecule has 0 atom stereocenters. The van der Waals surface area contributed by atoms with Gasteiger partial charge in [0.25, 0.3) is 0 Å². The maximum absolute atomic E-state index is 12.6. The topological polar surface area (TPSA) is 69.4 Å². The highest BCUT2D eigenvalue weighted by molar-refractivity contribution is 5.97. The fourth-order valence-electron chi connectivity index (χ4n) is 3.30. The number of carbonyl (C=O) groups excluding carboxylic acids is 2. The zero-order valence-electron chi connectivity index (χ0n) is 14.6. The number of ketones is 1. The van der Waals surface area contributed by atoms with Crippen LogP contribution in [-0.4, -0.2) is 24.9 Å². The van der Waals surface area contributed by atoms with E-state index in [0.29, 0.717) is 18.9 Å². The highest BCUT2D eigenvalue weighted by Crippen LogP contribution is 2.30. The van der Waals surface area contributed by atoms with Crippen LogP contribution in [0.2, 0.25) is 0 Å². The smallest absolute Gasteiger partial charge is 0.305 e. The normalized spacial score (nSPS) is 20.6. The number of aryl methyl sites for hydroxylation is 1. The Morgan fingerprint density at radius 1 is 1.12 bits per heavy atom. The Morgan fingerprint density at radius 2 is 1.79 bits per heavy atom. The first-order chi connectivity index (χ1) is 11.6. The van der Waals surface area contributed by atoms with Crippen molar-refractivity contribution in [2.24, 2.45) is 17.6 Å². The predicted octanol–water partition coefficient (Wildman–Crippen LogP) is 3.52. The number of nitrogens with two attached hydrogens (primary N) is 1. The summed E-state index contributed by atoms with van der Waals surface area (Å²) in [5.41, 5.74) is 7.70. The maximum Gasteiger partial charge on any atom is 0.305 e. The fraction of sp³-hybridized carbons (Fsp3) is 0.600. The van der Waals surface area contributed by atoms with E-state index >= 15 is 0 Å². The third kappa shape index (κ3) is 5.45. The van der Waals surface area contributed by atoms with Gasteiger partial charge >= 0.3 is 5.97 Å². The molecule has 0 aromatic heterocycles. The second-order valence-corrected chi connectivity index (χ2v) is 6.69. The summed E-state index contributed by atoms with van der Waals surface area (Å²) in [6.45, 7) is 2.99. The first-order valence-corrected chi connectivity index (χ1v) is 9.12. The Bertz CT molecular complexity index is 530. The van der Waals surface area contributed by atoms with Crippen molar-refractivity contribution in [3.8, 4) is 0 Å². The van der Waals surface area contributed by atoms with Crippen LogP contribution in [0.15, 0.2) is 24.3 Å². The molecule has 0 spiro atoms. The average molecular weight is 331 g/mol. The second-order valence-electron chi connectivity index (χ2n) is 6.69. The third-order valence-corrected chi connectivity index (χ3v) is 4.95. The van der Waals surface area contributed by atoms with Crippen molar-refractivity contribution >= 4 is 11.8 Å². The van der Waals surface area contributed by atoms with Gasteiger partial charge in [-0.15, -0.1) is 0 Å². The van der Waals surface area contributed by atoms with Crippen LogP contribution in [0.1, 0.15) is 61.4 Å². The molecule has 4 heteroatoms. The zero-order chi connectivity index (χ0) is 17.4. The van der Waals surface area contributed by atoms with Gasteiger partial charge in [0.1, 0.15) is 0 Å². The lowest BCUT2D eigenvalue weighted by molar-refractivity contribution is -0.143. The Morgan fingerprint density at radius 3 is 2.38 bits per heavy atom. The molecule has 132 valence electrons. The largest absolute Gasteiger partial charge is 0.466 e. The van der Waals surface area contributed by atoms with Gasteiger partial charge in [0.2, 0.25) is 0 Å². The Balaban J connectivity index is 1.79. The molecule has 0 radical (unpaired) electrons. The summed E-state index contributed by atoms with van der Waals surface area (Å²) in [6, 6.07) is 7.90. The minimum atomic E-state index is -0.152. The van der Waals surface area contributed by atoms with Gasteiger partial charge in [-0.3, -0.25) is 9.59 Å². The van der Waals surface area contributed by atoms with Crippen molar-refractivity contribution in [2.75, 3.05) is 13.2 Å². The first-order valence-electron chi connectivity index (χ1n) is 9.12. The van der Waals surface area contributed by atoms with E-state index < -0.39 is 0 Å². The van der Waals surface area contributed by atoms with Gasteiger partial charge in [-0.05, 0) is 56.6 Å². The molecule has 1 aromatic rings. The molecule has 1 aliphatic carbocycles. The van der Waals surface area contributed by atoms with Crippen molar-refractivity contribution in [1.82, 2.24) is 0 Å². The number of Topliss-reactive ketones (excluding diaryl/α,β-unsaturated/α-hetero) is 1. The Hall–Kier alpha value is -1.68. The SMILES string of the molecule is CCC(=O)OCCCc1ccc(C(=O)C2CCC(CN)CC2)cc1. The lowest BCUT2D eigenvalue weighted by atomic mass is 9.78. The highest BCUT2D eigenvalue weighted by atomic mass is 16.5. The molecule has 0 heterocycles. The summed E-state index contributed by atoms with van der Waals surface area (Å²) in [5, 5.41) is 0. The molecular weight excluding hydrogens is 302 g/mol. The standard InChI is InChI=1S/C20H29NO3/c1-2-19(22)24-13-3-4-15-5-9-17(10-6-15)20(23)18-11-7-16(14-21)8-12-18/h5-6,9-10,16,18H,2-4,7-8,11-14,21H2,1H3. The maximum atomic E-state index is 12.6. The van der Waals surface area contributed by atoms with Crippen LogP contribution >= 0.6 is 0 Å². The van der Waals surface area contributed by atoms with E-state index in [1.54, 1.807) is 6.92 Å². The Kier molecular flexibility index (Phi) is 7.44. The summed E-state index contributed by atoms with van der Waals surface area (Å²) in [4.78, 5) is 23.7. The second kappa shape index (κ2) is 9.58. The van der Waals surface area contributed by atoms with E-state index in [0.717, 1.165) is 50.6 Å². The van der Waals surface area contributed by atoms with Crippen molar-refractivity contribution in [3.05, 3.63) is 35.4 Å². The van der Waals surface area contributed by atoms with Crippen LogP contribution in [0.5, 0.6) is 0 Å². The van der Waals surface area contributed by atoms with E-state index in [-0.39, 0.29) is 17.7 Å². The molecule has 0 bridgehead atoms. The molecule has 2 N–H and O–H groups in total. The molecule has 0 unspecified atom stereocenters. The minimum absolute atomic E-state index is 0.152. The number of ether oxygens (including phenoxy) is 1. The van der Waals surface area contributed by atoms with Crippen molar-refractivity contribution in [2.45, 2.75) is 51.9 Å². The molecule has 0 aliphatic heterocycles. The molecule has 1 fully saturated rings. The summed E-state index contributed by atoms with van der Waals surface area (Å²) < 4.78 is 5.07. The quantitative estimate of drug-likeness (QED) is 0.449. The van der Waals surface area contributed by atoms with Gasteiger partial charge in [0.15, 0.2) is 5.78 Å². The van der Waals surface area contributed by atoms with E-state index in [2.05, 4.69) is 0 Å². The summed E-state index contributed by atoms with van der Waals surface area (Å²) in [5.74, 6) is 0.875. The van der Waals surface area contributed by atoms with E-state index in [1.807, 2.05) is 24.3 Å². The summed E-state index contributed by atoms with van der Waals surface area (Å²) >= 11 is 0. The van der Waals surface area contributed by atoms with Crippen LogP contribution in [0.3, 0.4) is 0 Å². The molecule has 0 amide bonds. The monoisotopic (exact) mass is 331 g/mol. The minimum Gasteiger partial charge on any atom is -0.466 e. The molecule has 24 heavy (non-hydrogen) atoms. The third-order valence-electron chi connectivity index (χ3n) is 4.95. The molecule has 2 rings (SSSR count). The van der Waals surface area contributed by atoms with Gasteiger partial charge in [0, 0.05) is 17.9 Å². The van der Waals surface area contributed by atoms with Crippen molar-refractivity contribution < 1.29 is 14.3 Å². The van der Waals surface area contributed by atoms with Crippen molar-refractivity contribution in [3.63, 3.8) is 0 Å². The van der Waals surface area contributed by atoms with E-state index in [9.17, 15) is 9.59 Å². The summed E-state index contributed by atoms with van der Waals surface area (Å²) in [7, 11) is 0. The molecule has 1 aromatic carbocycles. The highest BCUT2D eigenvalue weighted by Gasteiger charge is 2.26. The van der Waals surface area contributed by atoms with Crippen molar-refractivity contribution in [1.29, 1.82) is 0 Å². The number of esters is 1. The molecule has 1 aliphatic rings. The number of hydrogen-bond donors (Lipinski definition) is 1. The molecular formula is C20H29NO3. The number of hydrogen-bond acceptors (Lipinski definition) is 4. The Labute approximate surface area is 144 Å². The van der Waals surface area contributed by atoms with Gasteiger partial charge in [-0.2, -0.15) is 0 Å².